The van der Waals surface area contributed by atoms with E-state index in [1.165, 1.54) is 13.3 Å². The van der Waals surface area contributed by atoms with Crippen LogP contribution in [0.2, 0.25) is 0 Å². The number of anilines is 1. The number of hydrogen-bond acceptors (Lipinski definition) is 3. The lowest BCUT2D eigenvalue weighted by Crippen LogP contribution is -2.03. The highest BCUT2D eigenvalue weighted by Crippen LogP contribution is 2.09. The van der Waals surface area contributed by atoms with Gasteiger partial charge in [-0.3, -0.25) is 0 Å². The zero-order valence-electron chi connectivity index (χ0n) is 4.50. The Labute approximate surface area is 47.1 Å². The second-order valence-corrected chi connectivity index (χ2v) is 1.45. The molecule has 3 nitrogen and oxygen atoms in total. The van der Waals surface area contributed by atoms with Crippen LogP contribution in [0.15, 0.2) is 22.8 Å². The fourth-order valence-corrected chi connectivity index (χ4v) is 0.449. The molecule has 0 aliphatic carbocycles. The Balaban J connectivity index is 2.77. The summed E-state index contributed by atoms with van der Waals surface area (Å²) >= 11 is 0. The smallest absolute Gasteiger partial charge is 0.184 e. The maximum Gasteiger partial charge on any atom is 0.184 e. The van der Waals surface area contributed by atoms with Crippen LogP contribution in [0.25, 0.3) is 0 Å². The highest BCUT2D eigenvalue weighted by Gasteiger charge is 1.87. The molecule has 0 aliphatic rings. The lowest BCUT2D eigenvalue weighted by Gasteiger charge is -2.19. The molecular formula is C5H6NO2-. The summed E-state index contributed by atoms with van der Waals surface area (Å²) in [6.45, 7) is 0. The topological polar surface area (TPSA) is 39.4 Å². The van der Waals surface area contributed by atoms with E-state index < -0.39 is 0 Å². The van der Waals surface area contributed by atoms with Crippen LogP contribution in [0.5, 0.6) is 0 Å². The first-order valence-corrected chi connectivity index (χ1v) is 2.25. The Morgan fingerprint density at radius 2 is 2.50 bits per heavy atom. The van der Waals surface area contributed by atoms with Gasteiger partial charge in [0.1, 0.15) is 0 Å². The van der Waals surface area contributed by atoms with E-state index in [0.717, 1.165) is 0 Å². The SMILES string of the molecule is CN([O-])c1ccco1. The van der Waals surface area contributed by atoms with Crippen LogP contribution in [-0.2, 0) is 0 Å². The van der Waals surface area contributed by atoms with Gasteiger partial charge in [-0.25, -0.2) is 0 Å². The summed E-state index contributed by atoms with van der Waals surface area (Å²) in [6, 6.07) is 3.27. The van der Waals surface area contributed by atoms with Crippen molar-refractivity contribution in [2.24, 2.45) is 0 Å². The van der Waals surface area contributed by atoms with Crippen molar-refractivity contribution in [3.8, 4) is 0 Å². The zero-order valence-corrected chi connectivity index (χ0v) is 4.50. The molecule has 0 aliphatic heterocycles. The molecule has 1 aromatic rings. The van der Waals surface area contributed by atoms with Crippen LogP contribution in [0, 0.1) is 5.21 Å². The number of hydroxylamine groups is 1. The lowest BCUT2D eigenvalue weighted by atomic mass is 10.6. The molecule has 0 radical (unpaired) electrons. The summed E-state index contributed by atoms with van der Waals surface area (Å²) in [5.74, 6) is 0.338. The third-order valence-electron chi connectivity index (χ3n) is 0.817. The molecule has 0 bridgehead atoms. The molecule has 44 valence electrons. The van der Waals surface area contributed by atoms with Gasteiger partial charge in [0.25, 0.3) is 0 Å². The average Bonchev–Trinajstić information content (AvgIpc) is 2.12. The van der Waals surface area contributed by atoms with Gasteiger partial charge in [-0.2, -0.15) is 0 Å². The minimum absolute atomic E-state index is 0.338. The van der Waals surface area contributed by atoms with Crippen LogP contribution >= 0.6 is 0 Å². The van der Waals surface area contributed by atoms with Crippen molar-refractivity contribution in [2.45, 2.75) is 0 Å². The third-order valence-corrected chi connectivity index (χ3v) is 0.817. The van der Waals surface area contributed by atoms with E-state index >= 15 is 0 Å². The van der Waals surface area contributed by atoms with E-state index in [4.69, 9.17) is 4.42 Å². The van der Waals surface area contributed by atoms with Crippen molar-refractivity contribution >= 4 is 5.88 Å². The van der Waals surface area contributed by atoms with Crippen LogP contribution in [0.4, 0.5) is 5.88 Å². The summed E-state index contributed by atoms with van der Waals surface area (Å²) in [5, 5.41) is 11.0. The molecule has 3 heteroatoms. The second-order valence-electron chi connectivity index (χ2n) is 1.45. The Morgan fingerprint density at radius 3 is 2.75 bits per heavy atom. The maximum atomic E-state index is 10.3. The molecule has 1 rings (SSSR count). The normalized spacial score (nSPS) is 9.25. The molecule has 1 aromatic heterocycles. The predicted molar refractivity (Wildman–Crippen MR) is 30.5 cm³/mol. The predicted octanol–water partition coefficient (Wildman–Crippen LogP) is 1.21. The fraction of sp³-hybridized carbons (Fsp3) is 0.200. The minimum Gasteiger partial charge on any atom is -0.756 e. The number of nitrogens with zero attached hydrogens (tertiary/aromatic N) is 1. The summed E-state index contributed by atoms with van der Waals surface area (Å²) in [6.07, 6.45) is 1.46. The Morgan fingerprint density at radius 1 is 1.75 bits per heavy atom. The number of rotatable bonds is 1. The van der Waals surface area contributed by atoms with E-state index in [1.807, 2.05) is 0 Å². The lowest BCUT2D eigenvalue weighted by molar-refractivity contribution is 0.569. The Kier molecular flexibility index (Phi) is 1.22. The van der Waals surface area contributed by atoms with E-state index in [-0.39, 0.29) is 0 Å². The van der Waals surface area contributed by atoms with Crippen LogP contribution in [0.3, 0.4) is 0 Å². The first-order chi connectivity index (χ1) is 3.80. The molecule has 8 heavy (non-hydrogen) atoms. The van der Waals surface area contributed by atoms with Gasteiger partial charge in [0, 0.05) is 6.07 Å². The largest absolute Gasteiger partial charge is 0.756 e. The summed E-state index contributed by atoms with van der Waals surface area (Å²) in [5.41, 5.74) is 0. The van der Waals surface area contributed by atoms with Crippen molar-refractivity contribution in [2.75, 3.05) is 12.1 Å². The van der Waals surface area contributed by atoms with Crippen molar-refractivity contribution in [1.29, 1.82) is 0 Å². The van der Waals surface area contributed by atoms with Crippen molar-refractivity contribution in [1.82, 2.24) is 0 Å². The van der Waals surface area contributed by atoms with E-state index in [2.05, 4.69) is 0 Å². The Bertz CT molecular complexity index is 145. The summed E-state index contributed by atoms with van der Waals surface area (Å²) < 4.78 is 4.71. The van der Waals surface area contributed by atoms with Gasteiger partial charge in [-0.05, 0) is 13.1 Å². The van der Waals surface area contributed by atoms with Gasteiger partial charge in [0.2, 0.25) is 0 Å². The minimum atomic E-state index is 0.338. The van der Waals surface area contributed by atoms with E-state index in [1.54, 1.807) is 12.1 Å². The molecule has 0 amide bonds. The molecule has 0 N–H and O–H groups in total. The van der Waals surface area contributed by atoms with Gasteiger partial charge in [0.15, 0.2) is 5.88 Å². The molecule has 0 fully saturated rings. The van der Waals surface area contributed by atoms with Crippen LogP contribution in [0.1, 0.15) is 0 Å². The molecular weight excluding hydrogens is 106 g/mol. The fourth-order valence-electron chi connectivity index (χ4n) is 0.449. The first-order valence-electron chi connectivity index (χ1n) is 2.25. The van der Waals surface area contributed by atoms with Gasteiger partial charge < -0.3 is 14.7 Å². The molecule has 0 saturated carbocycles. The van der Waals surface area contributed by atoms with Gasteiger partial charge >= 0.3 is 0 Å². The highest BCUT2D eigenvalue weighted by atomic mass is 16.5. The standard InChI is InChI=1S/C5H6NO2/c1-6(7)5-3-2-4-8-5/h2-4H,1H3/q-1. The highest BCUT2D eigenvalue weighted by molar-refractivity contribution is 5.33. The van der Waals surface area contributed by atoms with E-state index in [9.17, 15) is 5.21 Å². The third kappa shape index (κ3) is 0.816. The van der Waals surface area contributed by atoms with E-state index in [0.29, 0.717) is 10.9 Å². The molecule has 0 aromatic carbocycles. The molecule has 0 spiro atoms. The number of furan rings is 1. The van der Waals surface area contributed by atoms with Gasteiger partial charge in [-0.1, -0.05) is 0 Å². The Hall–Kier alpha value is -0.960. The van der Waals surface area contributed by atoms with Crippen LogP contribution < -0.4 is 5.06 Å². The first kappa shape index (κ1) is 5.18. The van der Waals surface area contributed by atoms with Crippen molar-refractivity contribution in [3.63, 3.8) is 0 Å². The second kappa shape index (κ2) is 1.88. The summed E-state index contributed by atoms with van der Waals surface area (Å²) in [4.78, 5) is 0. The molecule has 1 heterocycles. The quantitative estimate of drug-likeness (QED) is 0.512. The van der Waals surface area contributed by atoms with Crippen LogP contribution in [-0.4, -0.2) is 7.05 Å². The van der Waals surface area contributed by atoms with Gasteiger partial charge in [0.05, 0.1) is 6.26 Å². The average molecular weight is 112 g/mol. The monoisotopic (exact) mass is 112 g/mol. The zero-order chi connectivity index (χ0) is 5.98. The summed E-state index contributed by atoms with van der Waals surface area (Å²) in [7, 11) is 1.39. The maximum absolute atomic E-state index is 10.3. The molecule has 0 saturated heterocycles. The van der Waals surface area contributed by atoms with Crippen molar-refractivity contribution < 1.29 is 4.42 Å². The number of hydrogen-bond donors (Lipinski definition) is 0. The molecule has 0 unspecified atom stereocenters. The molecule has 0 atom stereocenters. The van der Waals surface area contributed by atoms with Gasteiger partial charge in [-0.15, -0.1) is 0 Å². The van der Waals surface area contributed by atoms with Crippen molar-refractivity contribution in [3.05, 3.63) is 23.6 Å².